The number of amides is 1. The maximum Gasteiger partial charge on any atom is 0.269 e. The topological polar surface area (TPSA) is 94.4 Å². The minimum Gasteiger partial charge on any atom is -0.489 e. The second kappa shape index (κ2) is 9.45. The van der Waals surface area contributed by atoms with Crippen molar-refractivity contribution in [2.24, 2.45) is 0 Å². The molecule has 7 heteroatoms. The van der Waals surface area contributed by atoms with Crippen LogP contribution in [0.2, 0.25) is 0 Å². The number of nitrogens with zero attached hydrogens (tertiary/aromatic N) is 2. The third-order valence-electron chi connectivity index (χ3n) is 4.40. The lowest BCUT2D eigenvalue weighted by Crippen LogP contribution is -2.28. The SMILES string of the molecule is CC(NC(=O)Cc1ccc([N+](=O)[O-])cc1)c1ccc(OCc2cccnc2)cc1. The van der Waals surface area contributed by atoms with E-state index in [0.29, 0.717) is 6.61 Å². The summed E-state index contributed by atoms with van der Waals surface area (Å²) in [6.07, 6.45) is 3.64. The third kappa shape index (κ3) is 5.87. The summed E-state index contributed by atoms with van der Waals surface area (Å²) in [6, 6.07) is 17.2. The van der Waals surface area contributed by atoms with E-state index < -0.39 is 4.92 Å². The predicted molar refractivity (Wildman–Crippen MR) is 108 cm³/mol. The fraction of sp³-hybridized carbons (Fsp3) is 0.182. The van der Waals surface area contributed by atoms with Gasteiger partial charge in [0.2, 0.25) is 5.91 Å². The highest BCUT2D eigenvalue weighted by molar-refractivity contribution is 5.79. The van der Waals surface area contributed by atoms with Crippen LogP contribution in [0, 0.1) is 10.1 Å². The number of carbonyl (C=O) groups excluding carboxylic acids is 1. The van der Waals surface area contributed by atoms with E-state index >= 15 is 0 Å². The van der Waals surface area contributed by atoms with Gasteiger partial charge in [-0.15, -0.1) is 0 Å². The number of nitro groups is 1. The Labute approximate surface area is 168 Å². The van der Waals surface area contributed by atoms with E-state index in [1.165, 1.54) is 12.1 Å². The quantitative estimate of drug-likeness (QED) is 0.463. The van der Waals surface area contributed by atoms with Crippen molar-refractivity contribution in [3.05, 3.63) is 99.9 Å². The Balaban J connectivity index is 1.51. The molecule has 0 radical (unpaired) electrons. The molecule has 0 saturated carbocycles. The van der Waals surface area contributed by atoms with Gasteiger partial charge in [-0.2, -0.15) is 0 Å². The second-order valence-corrected chi connectivity index (χ2v) is 6.61. The summed E-state index contributed by atoms with van der Waals surface area (Å²) in [7, 11) is 0. The number of non-ortho nitro benzene ring substituents is 1. The Hall–Kier alpha value is -3.74. The first kappa shape index (κ1) is 20.0. The standard InChI is InChI=1S/C22H21N3O4/c1-16(24-22(26)13-17-4-8-20(9-5-17)25(27)28)19-6-10-21(11-7-19)29-15-18-3-2-12-23-14-18/h2-12,14,16H,13,15H2,1H3,(H,24,26). The molecule has 148 valence electrons. The lowest BCUT2D eigenvalue weighted by atomic mass is 10.1. The molecule has 0 bridgehead atoms. The van der Waals surface area contributed by atoms with Gasteiger partial charge in [-0.05, 0) is 36.2 Å². The molecule has 1 N–H and O–H groups in total. The van der Waals surface area contributed by atoms with Gasteiger partial charge in [0.05, 0.1) is 17.4 Å². The average Bonchev–Trinajstić information content (AvgIpc) is 2.73. The summed E-state index contributed by atoms with van der Waals surface area (Å²) in [5, 5.41) is 13.6. The van der Waals surface area contributed by atoms with Crippen LogP contribution in [0.4, 0.5) is 5.69 Å². The van der Waals surface area contributed by atoms with Gasteiger partial charge in [0.15, 0.2) is 0 Å². The first-order chi connectivity index (χ1) is 14.0. The molecule has 29 heavy (non-hydrogen) atoms. The Kier molecular flexibility index (Phi) is 6.52. The number of benzene rings is 2. The third-order valence-corrected chi connectivity index (χ3v) is 4.40. The minimum atomic E-state index is -0.462. The Morgan fingerprint density at radius 3 is 2.45 bits per heavy atom. The van der Waals surface area contributed by atoms with Gasteiger partial charge < -0.3 is 10.1 Å². The minimum absolute atomic E-state index is 0.00774. The van der Waals surface area contributed by atoms with Crippen molar-refractivity contribution in [3.63, 3.8) is 0 Å². The second-order valence-electron chi connectivity index (χ2n) is 6.61. The molecule has 1 heterocycles. The van der Waals surface area contributed by atoms with Crippen LogP contribution < -0.4 is 10.1 Å². The van der Waals surface area contributed by atoms with Crippen LogP contribution in [0.15, 0.2) is 73.1 Å². The number of pyridine rings is 1. The normalized spacial score (nSPS) is 11.5. The van der Waals surface area contributed by atoms with Crippen molar-refractivity contribution in [3.8, 4) is 5.75 Å². The molecule has 3 aromatic rings. The van der Waals surface area contributed by atoms with E-state index in [1.807, 2.05) is 43.3 Å². The van der Waals surface area contributed by atoms with Gasteiger partial charge >= 0.3 is 0 Å². The number of hydrogen-bond donors (Lipinski definition) is 1. The summed E-state index contributed by atoms with van der Waals surface area (Å²) in [5.74, 6) is 0.588. The van der Waals surface area contributed by atoms with Gasteiger partial charge in [-0.3, -0.25) is 19.9 Å². The van der Waals surface area contributed by atoms with E-state index in [4.69, 9.17) is 4.74 Å². The van der Waals surface area contributed by atoms with Crippen molar-refractivity contribution in [1.29, 1.82) is 0 Å². The van der Waals surface area contributed by atoms with Crippen LogP contribution in [-0.4, -0.2) is 15.8 Å². The van der Waals surface area contributed by atoms with Gasteiger partial charge in [0.1, 0.15) is 12.4 Å². The van der Waals surface area contributed by atoms with Crippen LogP contribution in [0.3, 0.4) is 0 Å². The zero-order chi connectivity index (χ0) is 20.6. The fourth-order valence-electron chi connectivity index (χ4n) is 2.80. The van der Waals surface area contributed by atoms with Crippen molar-refractivity contribution in [2.75, 3.05) is 0 Å². The molecule has 1 aromatic heterocycles. The first-order valence-electron chi connectivity index (χ1n) is 9.15. The van der Waals surface area contributed by atoms with Crippen molar-refractivity contribution in [2.45, 2.75) is 26.0 Å². The molecule has 7 nitrogen and oxygen atoms in total. The summed E-state index contributed by atoms with van der Waals surface area (Å²) < 4.78 is 5.74. The Morgan fingerprint density at radius 2 is 1.83 bits per heavy atom. The molecule has 1 unspecified atom stereocenters. The highest BCUT2D eigenvalue weighted by Gasteiger charge is 2.11. The van der Waals surface area contributed by atoms with Crippen LogP contribution in [0.25, 0.3) is 0 Å². The lowest BCUT2D eigenvalue weighted by molar-refractivity contribution is -0.384. The zero-order valence-electron chi connectivity index (χ0n) is 15.9. The van der Waals surface area contributed by atoms with Crippen molar-refractivity contribution in [1.82, 2.24) is 10.3 Å². The molecular weight excluding hydrogens is 370 g/mol. The van der Waals surface area contributed by atoms with Crippen LogP contribution in [-0.2, 0) is 17.8 Å². The maximum atomic E-state index is 12.3. The van der Waals surface area contributed by atoms with Crippen molar-refractivity contribution >= 4 is 11.6 Å². The smallest absolute Gasteiger partial charge is 0.269 e. The molecule has 0 aliphatic carbocycles. The number of aromatic nitrogens is 1. The summed E-state index contributed by atoms with van der Waals surface area (Å²) in [4.78, 5) is 26.5. The zero-order valence-corrected chi connectivity index (χ0v) is 15.9. The molecule has 0 spiro atoms. The predicted octanol–water partition coefficient (Wildman–Crippen LogP) is 3.99. The summed E-state index contributed by atoms with van der Waals surface area (Å²) in [6.45, 7) is 2.34. The highest BCUT2D eigenvalue weighted by atomic mass is 16.6. The highest BCUT2D eigenvalue weighted by Crippen LogP contribution is 2.19. The Bertz CT molecular complexity index is 958. The average molecular weight is 391 g/mol. The van der Waals surface area contributed by atoms with Gasteiger partial charge in [-0.1, -0.05) is 30.3 Å². The monoisotopic (exact) mass is 391 g/mol. The van der Waals surface area contributed by atoms with E-state index in [-0.39, 0.29) is 24.1 Å². The van der Waals surface area contributed by atoms with E-state index in [1.54, 1.807) is 24.5 Å². The molecule has 0 aliphatic heterocycles. The molecule has 1 atom stereocenters. The molecule has 0 fully saturated rings. The molecule has 2 aromatic carbocycles. The van der Waals surface area contributed by atoms with Crippen LogP contribution in [0.1, 0.15) is 29.7 Å². The lowest BCUT2D eigenvalue weighted by Gasteiger charge is -2.15. The number of hydrogen-bond acceptors (Lipinski definition) is 5. The van der Waals surface area contributed by atoms with Gasteiger partial charge in [-0.25, -0.2) is 0 Å². The molecule has 1 amide bonds. The van der Waals surface area contributed by atoms with E-state index in [9.17, 15) is 14.9 Å². The molecule has 0 saturated heterocycles. The molecule has 0 aliphatic rings. The summed E-state index contributed by atoms with van der Waals surface area (Å²) in [5.41, 5.74) is 2.67. The molecule has 3 rings (SSSR count). The number of nitro benzene ring substituents is 1. The van der Waals surface area contributed by atoms with Crippen LogP contribution in [0.5, 0.6) is 5.75 Å². The first-order valence-corrected chi connectivity index (χ1v) is 9.15. The number of nitrogens with one attached hydrogen (secondary N) is 1. The largest absolute Gasteiger partial charge is 0.489 e. The number of carbonyl (C=O) groups is 1. The number of rotatable bonds is 8. The van der Waals surface area contributed by atoms with Crippen LogP contribution >= 0.6 is 0 Å². The van der Waals surface area contributed by atoms with E-state index in [2.05, 4.69) is 10.3 Å². The van der Waals surface area contributed by atoms with Gasteiger partial charge in [0, 0.05) is 30.1 Å². The molecular formula is C22H21N3O4. The maximum absolute atomic E-state index is 12.3. The Morgan fingerprint density at radius 1 is 1.10 bits per heavy atom. The van der Waals surface area contributed by atoms with Gasteiger partial charge in [0.25, 0.3) is 5.69 Å². The fourth-order valence-corrected chi connectivity index (χ4v) is 2.80. The van der Waals surface area contributed by atoms with E-state index in [0.717, 1.165) is 22.4 Å². The van der Waals surface area contributed by atoms with Crippen molar-refractivity contribution < 1.29 is 14.5 Å². The summed E-state index contributed by atoms with van der Waals surface area (Å²) >= 11 is 0. The number of ether oxygens (including phenoxy) is 1.